The number of nitrogens with two attached hydrogens (primary N) is 1. The van der Waals surface area contributed by atoms with Crippen molar-refractivity contribution in [1.29, 1.82) is 0 Å². The Labute approximate surface area is 113 Å². The van der Waals surface area contributed by atoms with Gasteiger partial charge in [0.05, 0.1) is 17.3 Å². The van der Waals surface area contributed by atoms with Gasteiger partial charge in [-0.25, -0.2) is 5.43 Å². The highest BCUT2D eigenvalue weighted by Gasteiger charge is 2.35. The van der Waals surface area contributed by atoms with Gasteiger partial charge in [-0.2, -0.15) is 13.2 Å². The van der Waals surface area contributed by atoms with E-state index in [1.165, 1.54) is 0 Å². The largest absolute Gasteiger partial charge is 0.416 e. The van der Waals surface area contributed by atoms with Crippen LogP contribution in [0.4, 0.5) is 13.2 Å². The molecule has 2 heterocycles. The molecule has 1 atom stereocenters. The molecule has 0 aromatic carbocycles. The van der Waals surface area contributed by atoms with Gasteiger partial charge in [0.15, 0.2) is 0 Å². The SMILES string of the molecule is Cc1cccc(C(NN)c2cnccc2C(F)(F)F)n1. The smallest absolute Gasteiger partial charge is 0.271 e. The first-order valence-electron chi connectivity index (χ1n) is 5.84. The number of hydrogen-bond donors (Lipinski definition) is 2. The van der Waals surface area contributed by atoms with Gasteiger partial charge < -0.3 is 0 Å². The summed E-state index contributed by atoms with van der Waals surface area (Å²) in [6.07, 6.45) is -2.22. The van der Waals surface area contributed by atoms with Crippen LogP contribution in [0.2, 0.25) is 0 Å². The van der Waals surface area contributed by atoms with Crippen LogP contribution in [0.3, 0.4) is 0 Å². The van der Waals surface area contributed by atoms with Gasteiger partial charge in [0.25, 0.3) is 0 Å². The summed E-state index contributed by atoms with van der Waals surface area (Å²) >= 11 is 0. The van der Waals surface area contributed by atoms with Crippen molar-refractivity contribution in [1.82, 2.24) is 15.4 Å². The average molecular weight is 282 g/mol. The molecule has 0 aliphatic heterocycles. The lowest BCUT2D eigenvalue weighted by Crippen LogP contribution is -2.31. The van der Waals surface area contributed by atoms with E-state index >= 15 is 0 Å². The summed E-state index contributed by atoms with van der Waals surface area (Å²) in [5.74, 6) is 5.41. The number of rotatable bonds is 3. The number of aromatic nitrogens is 2. The third-order valence-corrected chi connectivity index (χ3v) is 2.84. The zero-order valence-electron chi connectivity index (χ0n) is 10.6. The van der Waals surface area contributed by atoms with E-state index in [-0.39, 0.29) is 5.56 Å². The fourth-order valence-corrected chi connectivity index (χ4v) is 1.95. The number of nitrogens with zero attached hydrogens (tertiary/aromatic N) is 2. The van der Waals surface area contributed by atoms with Gasteiger partial charge in [-0.15, -0.1) is 0 Å². The minimum absolute atomic E-state index is 0.0550. The Morgan fingerprint density at radius 1 is 1.25 bits per heavy atom. The molecular weight excluding hydrogens is 269 g/mol. The van der Waals surface area contributed by atoms with E-state index in [1.54, 1.807) is 25.1 Å². The first kappa shape index (κ1) is 14.4. The molecule has 0 spiro atoms. The van der Waals surface area contributed by atoms with Crippen LogP contribution < -0.4 is 11.3 Å². The highest BCUT2D eigenvalue weighted by molar-refractivity contribution is 5.34. The molecule has 1 unspecified atom stereocenters. The normalized spacial score (nSPS) is 13.2. The lowest BCUT2D eigenvalue weighted by molar-refractivity contribution is -0.138. The summed E-state index contributed by atoms with van der Waals surface area (Å²) in [5.41, 5.74) is 2.64. The predicted molar refractivity (Wildman–Crippen MR) is 67.4 cm³/mol. The molecule has 3 N–H and O–H groups in total. The summed E-state index contributed by atoms with van der Waals surface area (Å²) in [5, 5.41) is 0. The summed E-state index contributed by atoms with van der Waals surface area (Å²) < 4.78 is 39.1. The summed E-state index contributed by atoms with van der Waals surface area (Å²) in [6, 6.07) is 5.14. The summed E-state index contributed by atoms with van der Waals surface area (Å²) in [7, 11) is 0. The van der Waals surface area contributed by atoms with Gasteiger partial charge in [-0.1, -0.05) is 6.07 Å². The van der Waals surface area contributed by atoms with Gasteiger partial charge in [0.1, 0.15) is 0 Å². The second-order valence-corrected chi connectivity index (χ2v) is 4.26. The van der Waals surface area contributed by atoms with Crippen LogP contribution in [0.25, 0.3) is 0 Å². The molecule has 0 bridgehead atoms. The highest BCUT2D eigenvalue weighted by atomic mass is 19.4. The van der Waals surface area contributed by atoms with E-state index in [0.717, 1.165) is 18.5 Å². The molecule has 2 aromatic rings. The van der Waals surface area contributed by atoms with Crippen molar-refractivity contribution in [2.45, 2.75) is 19.1 Å². The van der Waals surface area contributed by atoms with Crippen LogP contribution in [0, 0.1) is 6.92 Å². The summed E-state index contributed by atoms with van der Waals surface area (Å²) in [6.45, 7) is 1.75. The molecule has 2 rings (SSSR count). The number of halogens is 3. The molecule has 4 nitrogen and oxygen atoms in total. The molecule has 0 fully saturated rings. The quantitative estimate of drug-likeness (QED) is 0.670. The standard InChI is InChI=1S/C13H13F3N4/c1-8-3-2-4-11(19-8)12(20-17)9-7-18-6-5-10(9)13(14,15)16/h2-7,12,20H,17H2,1H3. The first-order valence-corrected chi connectivity index (χ1v) is 5.84. The maximum absolute atomic E-state index is 13.0. The number of hydrazine groups is 1. The van der Waals surface area contributed by atoms with Crippen molar-refractivity contribution in [2.75, 3.05) is 0 Å². The van der Waals surface area contributed by atoms with Gasteiger partial charge in [-0.05, 0) is 25.1 Å². The Morgan fingerprint density at radius 3 is 2.60 bits per heavy atom. The van der Waals surface area contributed by atoms with Crippen molar-refractivity contribution in [2.24, 2.45) is 5.84 Å². The maximum Gasteiger partial charge on any atom is 0.416 e. The molecule has 0 saturated carbocycles. The van der Waals surface area contributed by atoms with E-state index in [9.17, 15) is 13.2 Å². The lowest BCUT2D eigenvalue weighted by atomic mass is 9.99. The molecule has 0 aliphatic rings. The molecule has 0 amide bonds. The zero-order chi connectivity index (χ0) is 14.8. The van der Waals surface area contributed by atoms with Crippen LogP contribution in [0.5, 0.6) is 0 Å². The molecule has 0 aliphatic carbocycles. The molecule has 106 valence electrons. The average Bonchev–Trinajstić information content (AvgIpc) is 2.39. The Morgan fingerprint density at radius 2 is 2.00 bits per heavy atom. The van der Waals surface area contributed by atoms with Crippen LogP contribution in [-0.2, 0) is 6.18 Å². The minimum atomic E-state index is -4.48. The van der Waals surface area contributed by atoms with E-state index in [1.807, 2.05) is 0 Å². The van der Waals surface area contributed by atoms with Gasteiger partial charge in [-0.3, -0.25) is 15.8 Å². The number of aryl methyl sites for hydroxylation is 1. The van der Waals surface area contributed by atoms with Gasteiger partial charge in [0.2, 0.25) is 0 Å². The lowest BCUT2D eigenvalue weighted by Gasteiger charge is -2.20. The summed E-state index contributed by atoms with van der Waals surface area (Å²) in [4.78, 5) is 7.96. The Hall–Kier alpha value is -1.99. The Bertz CT molecular complexity index is 598. The minimum Gasteiger partial charge on any atom is -0.271 e. The fourth-order valence-electron chi connectivity index (χ4n) is 1.95. The van der Waals surface area contributed by atoms with E-state index in [0.29, 0.717) is 11.4 Å². The number of nitrogens with one attached hydrogen (secondary N) is 1. The van der Waals surface area contributed by atoms with Crippen molar-refractivity contribution < 1.29 is 13.2 Å². The second kappa shape index (κ2) is 5.56. The number of alkyl halides is 3. The molecular formula is C13H13F3N4. The molecule has 0 radical (unpaired) electrons. The van der Waals surface area contributed by atoms with Crippen LogP contribution >= 0.6 is 0 Å². The Kier molecular flexibility index (Phi) is 4.01. The van der Waals surface area contributed by atoms with Crippen molar-refractivity contribution in [3.8, 4) is 0 Å². The van der Waals surface area contributed by atoms with E-state index in [4.69, 9.17) is 5.84 Å². The van der Waals surface area contributed by atoms with E-state index in [2.05, 4.69) is 15.4 Å². The number of pyridine rings is 2. The van der Waals surface area contributed by atoms with Crippen molar-refractivity contribution in [3.63, 3.8) is 0 Å². The van der Waals surface area contributed by atoms with Crippen molar-refractivity contribution in [3.05, 3.63) is 59.2 Å². The Balaban J connectivity index is 2.53. The molecule has 0 saturated heterocycles. The van der Waals surface area contributed by atoms with Crippen LogP contribution in [0.1, 0.15) is 28.6 Å². The second-order valence-electron chi connectivity index (χ2n) is 4.26. The highest BCUT2D eigenvalue weighted by Crippen LogP contribution is 2.35. The first-order chi connectivity index (χ1) is 9.43. The van der Waals surface area contributed by atoms with Gasteiger partial charge in [0, 0.05) is 23.7 Å². The third kappa shape index (κ3) is 2.94. The van der Waals surface area contributed by atoms with Crippen LogP contribution in [0.15, 0.2) is 36.7 Å². The fraction of sp³-hybridized carbons (Fsp3) is 0.231. The monoisotopic (exact) mass is 282 g/mol. The zero-order valence-corrected chi connectivity index (χ0v) is 10.6. The van der Waals surface area contributed by atoms with Gasteiger partial charge >= 0.3 is 6.18 Å². The molecule has 2 aromatic heterocycles. The molecule has 7 heteroatoms. The maximum atomic E-state index is 13.0. The van der Waals surface area contributed by atoms with Crippen molar-refractivity contribution >= 4 is 0 Å². The number of hydrogen-bond acceptors (Lipinski definition) is 4. The third-order valence-electron chi connectivity index (χ3n) is 2.84. The molecule has 20 heavy (non-hydrogen) atoms. The topological polar surface area (TPSA) is 63.8 Å². The predicted octanol–water partition coefficient (Wildman–Crippen LogP) is 2.36. The van der Waals surface area contributed by atoms with E-state index < -0.39 is 17.8 Å². The van der Waals surface area contributed by atoms with Crippen LogP contribution in [-0.4, -0.2) is 9.97 Å².